The molecule has 0 spiro atoms. The molecule has 0 radical (unpaired) electrons. The van der Waals surface area contributed by atoms with Crippen molar-refractivity contribution in [2.45, 2.75) is 33.1 Å². The molecule has 0 aromatic carbocycles. The fourth-order valence-corrected chi connectivity index (χ4v) is 2.20. The van der Waals surface area contributed by atoms with Crippen LogP contribution in [0.25, 0.3) is 5.78 Å². The molecular formula is C12H18ClN5. The van der Waals surface area contributed by atoms with E-state index in [0.717, 1.165) is 24.3 Å². The monoisotopic (exact) mass is 267 g/mol. The van der Waals surface area contributed by atoms with Gasteiger partial charge in [0.1, 0.15) is 17.3 Å². The van der Waals surface area contributed by atoms with E-state index in [4.69, 9.17) is 11.6 Å². The van der Waals surface area contributed by atoms with Gasteiger partial charge in [-0.05, 0) is 13.3 Å². The van der Waals surface area contributed by atoms with Gasteiger partial charge in [-0.25, -0.2) is 0 Å². The SMILES string of the molecule is CCCCCN(C)c1c(C)c(Cl)nc2ncnn12. The molecule has 2 aromatic heterocycles. The lowest BCUT2D eigenvalue weighted by Crippen LogP contribution is -2.23. The zero-order valence-electron chi connectivity index (χ0n) is 11.0. The molecule has 2 rings (SSSR count). The number of halogens is 1. The first-order valence-electron chi connectivity index (χ1n) is 6.22. The van der Waals surface area contributed by atoms with Crippen LogP contribution in [0.2, 0.25) is 5.15 Å². The summed E-state index contributed by atoms with van der Waals surface area (Å²) >= 11 is 6.14. The van der Waals surface area contributed by atoms with Crippen LogP contribution < -0.4 is 4.90 Å². The van der Waals surface area contributed by atoms with Crippen LogP contribution in [0, 0.1) is 6.92 Å². The maximum atomic E-state index is 6.14. The van der Waals surface area contributed by atoms with Crippen LogP contribution in [-0.4, -0.2) is 33.2 Å². The Balaban J connectivity index is 2.35. The van der Waals surface area contributed by atoms with Crippen molar-refractivity contribution in [2.24, 2.45) is 0 Å². The van der Waals surface area contributed by atoms with E-state index in [1.54, 1.807) is 4.52 Å². The average Bonchev–Trinajstić information content (AvgIpc) is 2.78. The molecule has 18 heavy (non-hydrogen) atoms. The molecule has 0 fully saturated rings. The Labute approximate surface area is 112 Å². The number of anilines is 1. The third-order valence-corrected chi connectivity index (χ3v) is 3.40. The van der Waals surface area contributed by atoms with Gasteiger partial charge < -0.3 is 4.90 Å². The van der Waals surface area contributed by atoms with Gasteiger partial charge in [0.25, 0.3) is 5.78 Å². The minimum atomic E-state index is 0.493. The van der Waals surface area contributed by atoms with Crippen molar-refractivity contribution in [3.63, 3.8) is 0 Å². The second kappa shape index (κ2) is 5.52. The van der Waals surface area contributed by atoms with Crippen LogP contribution in [0.15, 0.2) is 6.33 Å². The number of fused-ring (bicyclic) bond motifs is 1. The largest absolute Gasteiger partial charge is 0.359 e. The average molecular weight is 268 g/mol. The van der Waals surface area contributed by atoms with Crippen molar-refractivity contribution < 1.29 is 0 Å². The highest BCUT2D eigenvalue weighted by atomic mass is 35.5. The first-order chi connectivity index (χ1) is 8.65. The van der Waals surface area contributed by atoms with Gasteiger partial charge in [0, 0.05) is 19.2 Å². The number of rotatable bonds is 5. The molecule has 0 unspecified atom stereocenters. The Morgan fingerprint density at radius 2 is 2.17 bits per heavy atom. The van der Waals surface area contributed by atoms with Crippen molar-refractivity contribution in [3.05, 3.63) is 17.0 Å². The number of hydrogen-bond acceptors (Lipinski definition) is 4. The van der Waals surface area contributed by atoms with Gasteiger partial charge in [0.05, 0.1) is 0 Å². The van der Waals surface area contributed by atoms with Gasteiger partial charge in [-0.15, -0.1) is 0 Å². The zero-order valence-corrected chi connectivity index (χ0v) is 11.8. The lowest BCUT2D eigenvalue weighted by molar-refractivity contribution is 0.693. The van der Waals surface area contributed by atoms with E-state index in [2.05, 4.69) is 33.9 Å². The Morgan fingerprint density at radius 1 is 1.39 bits per heavy atom. The fourth-order valence-electron chi connectivity index (χ4n) is 2.04. The summed E-state index contributed by atoms with van der Waals surface area (Å²) in [7, 11) is 2.05. The lowest BCUT2D eigenvalue weighted by atomic mass is 10.2. The van der Waals surface area contributed by atoms with Crippen LogP contribution >= 0.6 is 11.6 Å². The number of nitrogens with zero attached hydrogens (tertiary/aromatic N) is 5. The second-order valence-corrected chi connectivity index (χ2v) is 4.81. The molecule has 5 nitrogen and oxygen atoms in total. The second-order valence-electron chi connectivity index (χ2n) is 4.45. The van der Waals surface area contributed by atoms with Gasteiger partial charge in [-0.2, -0.15) is 19.6 Å². The summed E-state index contributed by atoms with van der Waals surface area (Å²) in [6, 6.07) is 0. The molecule has 98 valence electrons. The molecule has 0 aliphatic carbocycles. The molecule has 0 saturated carbocycles. The standard InChI is InChI=1S/C12H18ClN5/c1-4-5-6-7-17(3)11-9(2)10(13)16-12-14-8-15-18(11)12/h8H,4-7H2,1-3H3. The van der Waals surface area contributed by atoms with Crippen LogP contribution in [0.4, 0.5) is 5.82 Å². The Hall–Kier alpha value is -1.36. The molecule has 0 amide bonds. The van der Waals surface area contributed by atoms with Gasteiger partial charge in [-0.1, -0.05) is 31.4 Å². The van der Waals surface area contributed by atoms with Gasteiger partial charge in [-0.3, -0.25) is 0 Å². The highest BCUT2D eigenvalue weighted by Gasteiger charge is 2.15. The Kier molecular flexibility index (Phi) is 4.01. The highest BCUT2D eigenvalue weighted by molar-refractivity contribution is 6.30. The van der Waals surface area contributed by atoms with Crippen molar-refractivity contribution in [3.8, 4) is 0 Å². The molecule has 0 atom stereocenters. The zero-order chi connectivity index (χ0) is 13.1. The van der Waals surface area contributed by atoms with Gasteiger partial charge >= 0.3 is 0 Å². The third kappa shape index (κ3) is 2.41. The Morgan fingerprint density at radius 3 is 2.89 bits per heavy atom. The fraction of sp³-hybridized carbons (Fsp3) is 0.583. The van der Waals surface area contributed by atoms with Gasteiger partial charge in [0.2, 0.25) is 0 Å². The summed E-state index contributed by atoms with van der Waals surface area (Å²) in [6.45, 7) is 5.14. The summed E-state index contributed by atoms with van der Waals surface area (Å²) in [5.41, 5.74) is 0.939. The van der Waals surface area contributed by atoms with E-state index in [0.29, 0.717) is 10.9 Å². The maximum absolute atomic E-state index is 6.14. The van der Waals surface area contributed by atoms with E-state index >= 15 is 0 Å². The van der Waals surface area contributed by atoms with Crippen molar-refractivity contribution in [1.29, 1.82) is 0 Å². The van der Waals surface area contributed by atoms with E-state index < -0.39 is 0 Å². The molecule has 6 heteroatoms. The minimum Gasteiger partial charge on any atom is -0.359 e. The molecule has 0 N–H and O–H groups in total. The summed E-state index contributed by atoms with van der Waals surface area (Å²) in [6.07, 6.45) is 5.09. The normalized spacial score (nSPS) is 11.1. The molecule has 2 heterocycles. The number of unbranched alkanes of at least 4 members (excludes halogenated alkanes) is 2. The van der Waals surface area contributed by atoms with E-state index in [1.165, 1.54) is 19.2 Å². The molecule has 2 aromatic rings. The first-order valence-corrected chi connectivity index (χ1v) is 6.60. The van der Waals surface area contributed by atoms with Gasteiger partial charge in [0.15, 0.2) is 0 Å². The number of hydrogen-bond donors (Lipinski definition) is 0. The molecule has 0 bridgehead atoms. The molecule has 0 saturated heterocycles. The maximum Gasteiger partial charge on any atom is 0.255 e. The van der Waals surface area contributed by atoms with Crippen molar-refractivity contribution in [2.75, 3.05) is 18.5 Å². The number of aromatic nitrogens is 4. The first kappa shape index (κ1) is 13.1. The molecular weight excluding hydrogens is 250 g/mol. The minimum absolute atomic E-state index is 0.493. The summed E-state index contributed by atoms with van der Waals surface area (Å²) < 4.78 is 1.74. The topological polar surface area (TPSA) is 46.3 Å². The predicted octanol–water partition coefficient (Wildman–Crippen LogP) is 2.71. The lowest BCUT2D eigenvalue weighted by Gasteiger charge is -2.21. The molecule has 0 aliphatic rings. The molecule has 0 aliphatic heterocycles. The highest BCUT2D eigenvalue weighted by Crippen LogP contribution is 2.24. The Bertz CT molecular complexity index is 536. The van der Waals surface area contributed by atoms with E-state index in [1.807, 2.05) is 6.92 Å². The van der Waals surface area contributed by atoms with E-state index in [-0.39, 0.29) is 0 Å². The van der Waals surface area contributed by atoms with Crippen molar-refractivity contribution in [1.82, 2.24) is 19.6 Å². The van der Waals surface area contributed by atoms with Crippen LogP contribution in [0.1, 0.15) is 31.7 Å². The van der Waals surface area contributed by atoms with Crippen LogP contribution in [-0.2, 0) is 0 Å². The van der Waals surface area contributed by atoms with Crippen LogP contribution in [0.5, 0.6) is 0 Å². The van der Waals surface area contributed by atoms with Crippen molar-refractivity contribution >= 4 is 23.2 Å². The quantitative estimate of drug-likeness (QED) is 0.617. The predicted molar refractivity (Wildman–Crippen MR) is 73.3 cm³/mol. The van der Waals surface area contributed by atoms with E-state index in [9.17, 15) is 0 Å². The smallest absolute Gasteiger partial charge is 0.255 e. The van der Waals surface area contributed by atoms with Crippen LogP contribution in [0.3, 0.4) is 0 Å². The third-order valence-electron chi connectivity index (χ3n) is 3.03. The summed E-state index contributed by atoms with van der Waals surface area (Å²) in [4.78, 5) is 10.5. The summed E-state index contributed by atoms with van der Waals surface area (Å²) in [5.74, 6) is 1.52. The summed E-state index contributed by atoms with van der Waals surface area (Å²) in [5, 5.41) is 4.71.